The van der Waals surface area contributed by atoms with Gasteiger partial charge in [0.05, 0.1) is 15.4 Å². The fourth-order valence-corrected chi connectivity index (χ4v) is 4.12. The van der Waals surface area contributed by atoms with Crippen LogP contribution in [0.15, 0.2) is 47.4 Å². The van der Waals surface area contributed by atoms with E-state index in [1.165, 1.54) is 29.2 Å². The molecule has 8 nitrogen and oxygen atoms in total. The van der Waals surface area contributed by atoms with Crippen LogP contribution >= 0.6 is 0 Å². The van der Waals surface area contributed by atoms with Crippen molar-refractivity contribution in [3.05, 3.63) is 64.0 Å². The summed E-state index contributed by atoms with van der Waals surface area (Å²) in [6.07, 6.45) is 0.667. The zero-order valence-electron chi connectivity index (χ0n) is 16.3. The number of carbonyl (C=O) groups excluding carboxylic acids is 1. The zero-order valence-corrected chi connectivity index (χ0v) is 17.1. The fourth-order valence-electron chi connectivity index (χ4n) is 3.34. The summed E-state index contributed by atoms with van der Waals surface area (Å²) in [5, 5.41) is 14.2. The fraction of sp³-hybridized carbons (Fsp3) is 0.316. The molecule has 1 aliphatic rings. The first kappa shape index (κ1) is 23.4. The first-order valence-corrected chi connectivity index (χ1v) is 10.8. The summed E-state index contributed by atoms with van der Waals surface area (Å²) in [7, 11) is -5.74. The lowest BCUT2D eigenvalue weighted by atomic mass is 10.0. The van der Waals surface area contributed by atoms with Gasteiger partial charge in [-0.2, -0.15) is 13.2 Å². The monoisotopic (exact) mass is 475 g/mol. The van der Waals surface area contributed by atoms with Gasteiger partial charge >= 0.3 is 5.51 Å². The van der Waals surface area contributed by atoms with Gasteiger partial charge in [-0.15, -0.1) is 0 Å². The quantitative estimate of drug-likeness (QED) is 0.401. The molecule has 0 unspecified atom stereocenters. The standard InChI is InChI=1S/C19H17F4N3O5S/c20-15-4-2-1-3-14(15)18(27)25-9-7-12(8-10-25)24-16-6-5-13(11-17(16)26(28)29)32(30,31)19(21,22)23/h1-6,11-12,24H,7-10H2. The molecule has 1 saturated heterocycles. The largest absolute Gasteiger partial charge is 0.501 e. The van der Waals surface area contributed by atoms with Gasteiger partial charge in [0.1, 0.15) is 11.5 Å². The summed E-state index contributed by atoms with van der Waals surface area (Å²) in [6, 6.07) is 7.08. The second kappa shape index (κ2) is 8.73. The number of nitrogens with one attached hydrogen (secondary N) is 1. The van der Waals surface area contributed by atoms with Crippen LogP contribution in [0.1, 0.15) is 23.2 Å². The van der Waals surface area contributed by atoms with E-state index in [1.54, 1.807) is 0 Å². The molecule has 172 valence electrons. The highest BCUT2D eigenvalue weighted by Gasteiger charge is 2.47. The van der Waals surface area contributed by atoms with Gasteiger partial charge < -0.3 is 10.2 Å². The number of hydrogen-bond donors (Lipinski definition) is 1. The summed E-state index contributed by atoms with van der Waals surface area (Å²) in [4.78, 5) is 23.0. The van der Waals surface area contributed by atoms with E-state index in [1.807, 2.05) is 0 Å². The van der Waals surface area contributed by atoms with Gasteiger partial charge in [0.2, 0.25) is 0 Å². The second-order valence-corrected chi connectivity index (χ2v) is 9.02. The maximum absolute atomic E-state index is 13.8. The minimum atomic E-state index is -5.74. The maximum atomic E-state index is 13.8. The Balaban J connectivity index is 1.73. The smallest absolute Gasteiger partial charge is 0.377 e. The number of piperidine rings is 1. The molecule has 0 radical (unpaired) electrons. The topological polar surface area (TPSA) is 110 Å². The third-order valence-electron chi connectivity index (χ3n) is 5.03. The van der Waals surface area contributed by atoms with E-state index in [-0.39, 0.29) is 30.4 Å². The summed E-state index contributed by atoms with van der Waals surface area (Å²) in [5.74, 6) is -1.14. The number of hydrogen-bond acceptors (Lipinski definition) is 6. The highest BCUT2D eigenvalue weighted by molar-refractivity contribution is 7.92. The lowest BCUT2D eigenvalue weighted by molar-refractivity contribution is -0.384. The number of nitro benzene ring substituents is 1. The molecule has 3 rings (SSSR count). The van der Waals surface area contributed by atoms with Crippen LogP contribution in [-0.2, 0) is 9.84 Å². The molecule has 1 aliphatic heterocycles. The average molecular weight is 475 g/mol. The van der Waals surface area contributed by atoms with Gasteiger partial charge in [0.15, 0.2) is 0 Å². The molecule has 1 N–H and O–H groups in total. The minimum absolute atomic E-state index is 0.0731. The number of carbonyl (C=O) groups is 1. The molecule has 1 fully saturated rings. The first-order valence-electron chi connectivity index (χ1n) is 9.32. The Morgan fingerprint density at radius 2 is 1.75 bits per heavy atom. The highest BCUT2D eigenvalue weighted by atomic mass is 32.2. The van der Waals surface area contributed by atoms with Gasteiger partial charge in [0, 0.05) is 25.2 Å². The Labute approximate surface area is 179 Å². The van der Waals surface area contributed by atoms with Gasteiger partial charge in [-0.25, -0.2) is 12.8 Å². The third-order valence-corrected chi connectivity index (χ3v) is 6.51. The molecular weight excluding hydrogens is 458 g/mol. The Morgan fingerprint density at radius 3 is 2.31 bits per heavy atom. The summed E-state index contributed by atoms with van der Waals surface area (Å²) in [5.41, 5.74) is -6.63. The Hall–Kier alpha value is -3.22. The van der Waals surface area contributed by atoms with Crippen molar-refractivity contribution in [2.45, 2.75) is 29.3 Å². The minimum Gasteiger partial charge on any atom is -0.377 e. The Bertz CT molecular complexity index is 1150. The zero-order chi connectivity index (χ0) is 23.7. The number of benzene rings is 2. The molecule has 2 aromatic rings. The van der Waals surface area contributed by atoms with Crippen molar-refractivity contribution in [1.29, 1.82) is 0 Å². The number of alkyl halides is 3. The lowest BCUT2D eigenvalue weighted by Gasteiger charge is -2.33. The number of rotatable bonds is 5. The van der Waals surface area contributed by atoms with Crippen LogP contribution in [0.3, 0.4) is 0 Å². The van der Waals surface area contributed by atoms with E-state index < -0.39 is 42.6 Å². The van der Waals surface area contributed by atoms with Crippen molar-refractivity contribution in [3.63, 3.8) is 0 Å². The average Bonchev–Trinajstić information content (AvgIpc) is 2.73. The number of likely N-dealkylation sites (tertiary alicyclic amines) is 1. The van der Waals surface area contributed by atoms with Crippen molar-refractivity contribution in [2.75, 3.05) is 18.4 Å². The number of sulfone groups is 1. The number of amides is 1. The highest BCUT2D eigenvalue weighted by Crippen LogP contribution is 2.35. The number of anilines is 1. The maximum Gasteiger partial charge on any atom is 0.501 e. The van der Waals surface area contributed by atoms with E-state index >= 15 is 0 Å². The SMILES string of the molecule is O=C(c1ccccc1F)N1CCC(Nc2ccc(S(=O)(=O)C(F)(F)F)cc2[N+](=O)[O-])CC1. The van der Waals surface area contributed by atoms with E-state index in [0.29, 0.717) is 25.0 Å². The van der Waals surface area contributed by atoms with Crippen molar-refractivity contribution >= 4 is 27.1 Å². The van der Waals surface area contributed by atoms with Crippen LogP contribution in [-0.4, -0.2) is 48.8 Å². The van der Waals surface area contributed by atoms with Crippen LogP contribution in [0, 0.1) is 15.9 Å². The van der Waals surface area contributed by atoms with Crippen LogP contribution in [0.2, 0.25) is 0 Å². The van der Waals surface area contributed by atoms with Gasteiger partial charge in [0.25, 0.3) is 21.4 Å². The molecule has 13 heteroatoms. The van der Waals surface area contributed by atoms with Gasteiger partial charge in [-0.05, 0) is 37.1 Å². The molecular formula is C19H17F4N3O5S. The molecule has 0 spiro atoms. The molecule has 1 amide bonds. The predicted octanol–water partition coefficient (Wildman–Crippen LogP) is 3.74. The Kier molecular flexibility index (Phi) is 6.39. The normalized spacial score (nSPS) is 15.4. The number of halogens is 4. The molecule has 32 heavy (non-hydrogen) atoms. The van der Waals surface area contributed by atoms with Crippen LogP contribution in [0.25, 0.3) is 0 Å². The molecule has 0 atom stereocenters. The molecule has 0 saturated carbocycles. The molecule has 0 bridgehead atoms. The van der Waals surface area contributed by atoms with Crippen molar-refractivity contribution in [1.82, 2.24) is 4.90 Å². The van der Waals surface area contributed by atoms with E-state index in [2.05, 4.69) is 5.32 Å². The summed E-state index contributed by atoms with van der Waals surface area (Å²) < 4.78 is 75.1. The molecule has 0 aromatic heterocycles. The Morgan fingerprint density at radius 1 is 1.12 bits per heavy atom. The van der Waals surface area contributed by atoms with Gasteiger partial charge in [-0.1, -0.05) is 12.1 Å². The van der Waals surface area contributed by atoms with Crippen molar-refractivity contribution in [2.24, 2.45) is 0 Å². The van der Waals surface area contributed by atoms with Crippen LogP contribution in [0.5, 0.6) is 0 Å². The lowest BCUT2D eigenvalue weighted by Crippen LogP contribution is -2.42. The summed E-state index contributed by atoms with van der Waals surface area (Å²) in [6.45, 7) is 0.443. The van der Waals surface area contributed by atoms with E-state index in [4.69, 9.17) is 0 Å². The van der Waals surface area contributed by atoms with Crippen LogP contribution < -0.4 is 5.32 Å². The van der Waals surface area contributed by atoms with E-state index in [9.17, 15) is 40.9 Å². The number of nitro groups is 1. The van der Waals surface area contributed by atoms with Crippen molar-refractivity contribution < 1.29 is 35.7 Å². The molecule has 1 heterocycles. The number of nitrogens with zero attached hydrogens (tertiary/aromatic N) is 2. The predicted molar refractivity (Wildman–Crippen MR) is 105 cm³/mol. The van der Waals surface area contributed by atoms with E-state index in [0.717, 1.165) is 6.07 Å². The first-order chi connectivity index (χ1) is 14.9. The molecule has 2 aromatic carbocycles. The third kappa shape index (κ3) is 4.66. The van der Waals surface area contributed by atoms with Crippen molar-refractivity contribution in [3.8, 4) is 0 Å². The van der Waals surface area contributed by atoms with Gasteiger partial charge in [-0.3, -0.25) is 14.9 Å². The summed E-state index contributed by atoms with van der Waals surface area (Å²) >= 11 is 0. The second-order valence-electron chi connectivity index (χ2n) is 7.08. The van der Waals surface area contributed by atoms with Crippen LogP contribution in [0.4, 0.5) is 28.9 Å². The molecule has 0 aliphatic carbocycles.